The summed E-state index contributed by atoms with van der Waals surface area (Å²) in [5, 5.41) is 10.8. The van der Waals surface area contributed by atoms with E-state index < -0.39 is 5.97 Å². The first-order chi connectivity index (χ1) is 7.09. The Kier molecular flexibility index (Phi) is 2.61. The molecule has 1 unspecified atom stereocenters. The minimum absolute atomic E-state index is 0.0926. The number of carbonyl (C=O) groups excluding carboxylic acids is 1. The van der Waals surface area contributed by atoms with Gasteiger partial charge in [0, 0.05) is 0 Å². The maximum Gasteiger partial charge on any atom is 0.306 e. The van der Waals surface area contributed by atoms with Gasteiger partial charge in [0.1, 0.15) is 0 Å². The van der Waals surface area contributed by atoms with E-state index in [1.807, 2.05) is 5.38 Å². The molecule has 0 aliphatic heterocycles. The first kappa shape index (κ1) is 10.4. The molecule has 0 spiro atoms. The van der Waals surface area contributed by atoms with E-state index in [1.165, 1.54) is 11.3 Å². The molecular weight excluding hydrogens is 212 g/mol. The van der Waals surface area contributed by atoms with Crippen LogP contribution in [0, 0.1) is 5.92 Å². The third kappa shape index (κ3) is 1.81. The van der Waals surface area contributed by atoms with Crippen LogP contribution in [-0.2, 0) is 17.6 Å². The van der Waals surface area contributed by atoms with Gasteiger partial charge < -0.3 is 5.11 Å². The molecule has 0 amide bonds. The van der Waals surface area contributed by atoms with Crippen molar-refractivity contribution in [1.29, 1.82) is 0 Å². The minimum Gasteiger partial charge on any atom is -0.481 e. The van der Waals surface area contributed by atoms with Gasteiger partial charge in [0.05, 0.1) is 10.8 Å². The quantitative estimate of drug-likeness (QED) is 0.783. The summed E-state index contributed by atoms with van der Waals surface area (Å²) in [5.74, 6) is -0.904. The van der Waals surface area contributed by atoms with Crippen molar-refractivity contribution in [3.05, 3.63) is 21.4 Å². The van der Waals surface area contributed by atoms with Crippen LogP contribution in [0.15, 0.2) is 5.38 Å². The van der Waals surface area contributed by atoms with E-state index >= 15 is 0 Å². The van der Waals surface area contributed by atoms with Crippen molar-refractivity contribution in [3.63, 3.8) is 0 Å². The van der Waals surface area contributed by atoms with Gasteiger partial charge in [-0.05, 0) is 42.7 Å². The number of Topliss-reactive ketones (excluding diaryl/α,β-unsaturated/α-hetero) is 1. The first-order valence-electron chi connectivity index (χ1n) is 4.92. The second kappa shape index (κ2) is 3.77. The molecule has 15 heavy (non-hydrogen) atoms. The Bertz CT molecular complexity index is 419. The largest absolute Gasteiger partial charge is 0.481 e. The monoisotopic (exact) mass is 224 g/mol. The van der Waals surface area contributed by atoms with Gasteiger partial charge in [-0.15, -0.1) is 11.3 Å². The van der Waals surface area contributed by atoms with Gasteiger partial charge >= 0.3 is 5.97 Å². The summed E-state index contributed by atoms with van der Waals surface area (Å²) in [6, 6.07) is 0. The number of rotatable bonds is 2. The van der Waals surface area contributed by atoms with Crippen molar-refractivity contribution in [3.8, 4) is 0 Å². The zero-order valence-electron chi connectivity index (χ0n) is 8.45. The van der Waals surface area contributed by atoms with E-state index in [1.54, 1.807) is 6.92 Å². The van der Waals surface area contributed by atoms with E-state index in [9.17, 15) is 9.59 Å². The zero-order valence-corrected chi connectivity index (χ0v) is 9.26. The lowest BCUT2D eigenvalue weighted by Gasteiger charge is -2.19. The molecule has 0 saturated heterocycles. The van der Waals surface area contributed by atoms with Crippen LogP contribution in [0.2, 0.25) is 0 Å². The lowest BCUT2D eigenvalue weighted by Crippen LogP contribution is -2.21. The fourth-order valence-electron chi connectivity index (χ4n) is 2.06. The van der Waals surface area contributed by atoms with Crippen LogP contribution < -0.4 is 0 Å². The molecule has 0 fully saturated rings. The van der Waals surface area contributed by atoms with Crippen molar-refractivity contribution >= 4 is 23.1 Å². The van der Waals surface area contributed by atoms with Gasteiger partial charge in [-0.1, -0.05) is 0 Å². The lowest BCUT2D eigenvalue weighted by atomic mass is 9.85. The number of thiophene rings is 1. The van der Waals surface area contributed by atoms with E-state index in [4.69, 9.17) is 5.11 Å². The Labute approximate surface area is 91.7 Å². The van der Waals surface area contributed by atoms with Gasteiger partial charge in [-0.3, -0.25) is 9.59 Å². The highest BCUT2D eigenvalue weighted by atomic mass is 32.1. The Morgan fingerprint density at radius 1 is 1.53 bits per heavy atom. The molecule has 4 heteroatoms. The Hall–Kier alpha value is -1.16. The van der Waals surface area contributed by atoms with Gasteiger partial charge in [-0.2, -0.15) is 0 Å². The van der Waals surface area contributed by atoms with Crippen LogP contribution >= 0.6 is 11.3 Å². The van der Waals surface area contributed by atoms with Crippen molar-refractivity contribution < 1.29 is 14.7 Å². The van der Waals surface area contributed by atoms with Crippen LogP contribution in [0.1, 0.15) is 34.1 Å². The molecule has 2 rings (SSSR count). The van der Waals surface area contributed by atoms with Gasteiger partial charge in [-0.25, -0.2) is 0 Å². The number of carbonyl (C=O) groups is 2. The topological polar surface area (TPSA) is 54.4 Å². The summed E-state index contributed by atoms with van der Waals surface area (Å²) in [4.78, 5) is 22.9. The molecule has 3 nitrogen and oxygen atoms in total. The molecule has 1 aliphatic rings. The summed E-state index contributed by atoms with van der Waals surface area (Å²) in [7, 11) is 0. The predicted octanol–water partition coefficient (Wildman–Crippen LogP) is 2.14. The van der Waals surface area contributed by atoms with Crippen molar-refractivity contribution in [2.75, 3.05) is 0 Å². The average molecular weight is 224 g/mol. The molecule has 0 radical (unpaired) electrons. The number of ketones is 1. The number of carboxylic acid groups (broad SMARTS) is 1. The molecule has 1 atom stereocenters. The summed E-state index contributed by atoms with van der Waals surface area (Å²) < 4.78 is 0. The van der Waals surface area contributed by atoms with Crippen LogP contribution in [0.3, 0.4) is 0 Å². The van der Waals surface area contributed by atoms with Gasteiger partial charge in [0.2, 0.25) is 0 Å². The number of hydrogen-bond donors (Lipinski definition) is 1. The summed E-state index contributed by atoms with van der Waals surface area (Å²) in [6.45, 7) is 1.56. The fraction of sp³-hybridized carbons (Fsp3) is 0.455. The van der Waals surface area contributed by atoms with Crippen LogP contribution in [0.4, 0.5) is 0 Å². The molecule has 0 aromatic carbocycles. The summed E-state index contributed by atoms with van der Waals surface area (Å²) in [5.41, 5.74) is 2.15. The molecule has 1 N–H and O–H groups in total. The molecule has 1 heterocycles. The smallest absolute Gasteiger partial charge is 0.306 e. The average Bonchev–Trinajstić information content (AvgIpc) is 2.59. The SMILES string of the molecule is CC(=O)c1scc2c1CCC(C(=O)O)C2. The molecule has 1 aromatic heterocycles. The fourth-order valence-corrected chi connectivity index (χ4v) is 3.10. The summed E-state index contributed by atoms with van der Waals surface area (Å²) in [6.07, 6.45) is 1.96. The number of aliphatic carboxylic acids is 1. The van der Waals surface area contributed by atoms with Crippen molar-refractivity contribution in [2.24, 2.45) is 5.92 Å². The highest BCUT2D eigenvalue weighted by Gasteiger charge is 2.27. The number of fused-ring (bicyclic) bond motifs is 1. The molecule has 1 aromatic rings. The highest BCUT2D eigenvalue weighted by Crippen LogP contribution is 2.32. The molecule has 0 saturated carbocycles. The second-order valence-corrected chi connectivity index (χ2v) is 4.78. The predicted molar refractivity (Wildman–Crippen MR) is 57.5 cm³/mol. The second-order valence-electron chi connectivity index (χ2n) is 3.90. The first-order valence-corrected chi connectivity index (χ1v) is 5.80. The van der Waals surface area contributed by atoms with Crippen LogP contribution in [-0.4, -0.2) is 16.9 Å². The minimum atomic E-state index is -0.726. The van der Waals surface area contributed by atoms with E-state index in [2.05, 4.69) is 0 Å². The Morgan fingerprint density at radius 3 is 2.87 bits per heavy atom. The maximum absolute atomic E-state index is 11.3. The third-order valence-electron chi connectivity index (χ3n) is 2.86. The Morgan fingerprint density at radius 2 is 2.27 bits per heavy atom. The van der Waals surface area contributed by atoms with E-state index in [0.29, 0.717) is 12.8 Å². The lowest BCUT2D eigenvalue weighted by molar-refractivity contribution is -0.142. The Balaban J connectivity index is 2.30. The highest BCUT2D eigenvalue weighted by molar-refractivity contribution is 7.12. The zero-order chi connectivity index (χ0) is 11.0. The standard InChI is InChI=1S/C11H12O3S/c1-6(12)10-9-3-2-7(11(13)14)4-8(9)5-15-10/h5,7H,2-4H2,1H3,(H,13,14). The van der Waals surface area contributed by atoms with Crippen molar-refractivity contribution in [1.82, 2.24) is 0 Å². The van der Waals surface area contributed by atoms with Gasteiger partial charge in [0.25, 0.3) is 0 Å². The van der Waals surface area contributed by atoms with E-state index in [-0.39, 0.29) is 11.7 Å². The van der Waals surface area contributed by atoms with E-state index in [0.717, 1.165) is 22.4 Å². The third-order valence-corrected chi connectivity index (χ3v) is 4.03. The maximum atomic E-state index is 11.3. The molecular formula is C11H12O3S. The van der Waals surface area contributed by atoms with Crippen molar-refractivity contribution in [2.45, 2.75) is 26.2 Å². The summed E-state index contributed by atoms with van der Waals surface area (Å²) >= 11 is 1.44. The van der Waals surface area contributed by atoms with Crippen LogP contribution in [0.25, 0.3) is 0 Å². The molecule has 0 bridgehead atoms. The number of hydrogen-bond acceptors (Lipinski definition) is 3. The normalized spacial score (nSPS) is 19.7. The molecule has 80 valence electrons. The number of carboxylic acids is 1. The van der Waals surface area contributed by atoms with Crippen LogP contribution in [0.5, 0.6) is 0 Å². The molecule has 1 aliphatic carbocycles. The van der Waals surface area contributed by atoms with Gasteiger partial charge in [0.15, 0.2) is 5.78 Å².